The van der Waals surface area contributed by atoms with Crippen molar-refractivity contribution in [3.63, 3.8) is 0 Å². The summed E-state index contributed by atoms with van der Waals surface area (Å²) < 4.78 is 0. The van der Waals surface area contributed by atoms with Crippen molar-refractivity contribution in [1.29, 1.82) is 0 Å². The molecule has 2 nitrogen and oxygen atoms in total. The van der Waals surface area contributed by atoms with E-state index in [2.05, 4.69) is 32.8 Å². The zero-order valence-corrected chi connectivity index (χ0v) is 10.8. The van der Waals surface area contributed by atoms with Crippen molar-refractivity contribution < 1.29 is 5.11 Å². The van der Waals surface area contributed by atoms with Crippen LogP contribution in [0.2, 0.25) is 0 Å². The molecule has 2 heteroatoms. The summed E-state index contributed by atoms with van der Waals surface area (Å²) in [6.45, 7) is 4.47. The predicted octanol–water partition coefficient (Wildman–Crippen LogP) is 2.66. The van der Waals surface area contributed by atoms with Crippen molar-refractivity contribution in [2.45, 2.75) is 64.0 Å². The van der Waals surface area contributed by atoms with Crippen LogP contribution in [0.25, 0.3) is 0 Å². The Hall–Kier alpha value is -0.0800. The third-order valence-corrected chi connectivity index (χ3v) is 4.08. The summed E-state index contributed by atoms with van der Waals surface area (Å²) in [5, 5.41) is 10.4. The van der Waals surface area contributed by atoms with E-state index < -0.39 is 0 Å². The summed E-state index contributed by atoms with van der Waals surface area (Å²) in [5.41, 5.74) is 0.0493. The summed E-state index contributed by atoms with van der Waals surface area (Å²) in [5.74, 6) is 0.757. The highest BCUT2D eigenvalue weighted by Crippen LogP contribution is 2.39. The molecule has 1 N–H and O–H groups in total. The third-order valence-electron chi connectivity index (χ3n) is 4.08. The van der Waals surface area contributed by atoms with Crippen LogP contribution in [0.1, 0.15) is 52.4 Å². The van der Waals surface area contributed by atoms with Crippen LogP contribution in [0, 0.1) is 5.92 Å². The lowest BCUT2D eigenvalue weighted by Gasteiger charge is -2.48. The first-order valence-electron chi connectivity index (χ1n) is 6.38. The molecule has 1 aliphatic rings. The van der Waals surface area contributed by atoms with Crippen LogP contribution in [0.3, 0.4) is 0 Å². The molecule has 0 saturated heterocycles. The first-order valence-corrected chi connectivity index (χ1v) is 6.38. The van der Waals surface area contributed by atoms with E-state index in [1.165, 1.54) is 12.8 Å². The number of aliphatic hydroxyl groups is 1. The van der Waals surface area contributed by atoms with Gasteiger partial charge in [0.05, 0.1) is 6.10 Å². The molecule has 1 fully saturated rings. The van der Waals surface area contributed by atoms with E-state index in [-0.39, 0.29) is 11.6 Å². The van der Waals surface area contributed by atoms with Crippen LogP contribution in [-0.2, 0) is 0 Å². The molecule has 1 rings (SSSR count). The van der Waals surface area contributed by atoms with E-state index in [1.54, 1.807) is 0 Å². The van der Waals surface area contributed by atoms with Crippen LogP contribution in [0.5, 0.6) is 0 Å². The lowest BCUT2D eigenvalue weighted by molar-refractivity contribution is -0.0468. The van der Waals surface area contributed by atoms with Crippen LogP contribution < -0.4 is 0 Å². The Morgan fingerprint density at radius 2 is 2.13 bits per heavy atom. The molecule has 0 aliphatic heterocycles. The highest BCUT2D eigenvalue weighted by molar-refractivity contribution is 4.98. The van der Waals surface area contributed by atoms with E-state index in [1.807, 2.05) is 0 Å². The molecule has 0 spiro atoms. The van der Waals surface area contributed by atoms with E-state index in [4.69, 9.17) is 0 Å². The Morgan fingerprint density at radius 3 is 2.60 bits per heavy atom. The molecule has 0 aromatic carbocycles. The highest BCUT2D eigenvalue weighted by atomic mass is 16.3. The van der Waals surface area contributed by atoms with Gasteiger partial charge < -0.3 is 10.0 Å². The fourth-order valence-corrected chi connectivity index (χ4v) is 3.11. The smallest absolute Gasteiger partial charge is 0.0723 e. The number of likely N-dealkylation sites (N-methyl/N-ethyl adjacent to an activating group) is 1. The highest BCUT2D eigenvalue weighted by Gasteiger charge is 2.42. The van der Waals surface area contributed by atoms with Crippen LogP contribution >= 0.6 is 0 Å². The second kappa shape index (κ2) is 5.31. The standard InChI is InChI=1S/C13H27NO/c1-5-7-12(15)13(14(3)4)9-6-8-11(2)10-13/h11-12,15H,5-10H2,1-4H3. The van der Waals surface area contributed by atoms with Gasteiger partial charge in [0.15, 0.2) is 0 Å². The molecule has 0 radical (unpaired) electrons. The van der Waals surface area contributed by atoms with Crippen LogP contribution in [0.15, 0.2) is 0 Å². The molecule has 90 valence electrons. The summed E-state index contributed by atoms with van der Waals surface area (Å²) in [6.07, 6.45) is 6.76. The summed E-state index contributed by atoms with van der Waals surface area (Å²) in [7, 11) is 4.24. The molecule has 0 amide bonds. The van der Waals surface area contributed by atoms with E-state index in [9.17, 15) is 5.11 Å². The Kier molecular flexibility index (Phi) is 4.60. The van der Waals surface area contributed by atoms with Crippen molar-refractivity contribution in [2.75, 3.05) is 14.1 Å². The average Bonchev–Trinajstić information content (AvgIpc) is 2.17. The SMILES string of the molecule is CCCC(O)C1(N(C)C)CCCC(C)C1. The minimum Gasteiger partial charge on any atom is -0.391 e. The molecule has 0 heterocycles. The quantitative estimate of drug-likeness (QED) is 0.776. The average molecular weight is 213 g/mol. The fourth-order valence-electron chi connectivity index (χ4n) is 3.11. The largest absolute Gasteiger partial charge is 0.391 e. The molecule has 3 atom stereocenters. The van der Waals surface area contributed by atoms with Gasteiger partial charge in [-0.1, -0.05) is 33.1 Å². The predicted molar refractivity (Wildman–Crippen MR) is 65.0 cm³/mol. The van der Waals surface area contributed by atoms with Gasteiger partial charge in [0, 0.05) is 5.54 Å². The minimum absolute atomic E-state index is 0.0493. The topological polar surface area (TPSA) is 23.5 Å². The Morgan fingerprint density at radius 1 is 1.47 bits per heavy atom. The van der Waals surface area contributed by atoms with Gasteiger partial charge in [-0.05, 0) is 39.3 Å². The second-order valence-electron chi connectivity index (χ2n) is 5.50. The minimum atomic E-state index is -0.153. The molecule has 1 saturated carbocycles. The van der Waals surface area contributed by atoms with Crippen LogP contribution in [0.4, 0.5) is 0 Å². The third kappa shape index (κ3) is 2.73. The fraction of sp³-hybridized carbons (Fsp3) is 1.00. The van der Waals surface area contributed by atoms with Gasteiger partial charge in [-0.2, -0.15) is 0 Å². The lowest BCUT2D eigenvalue weighted by atomic mass is 9.71. The molecule has 1 aliphatic carbocycles. The summed E-state index contributed by atoms with van der Waals surface area (Å²) >= 11 is 0. The van der Waals surface area contributed by atoms with Crippen molar-refractivity contribution in [1.82, 2.24) is 4.90 Å². The van der Waals surface area contributed by atoms with E-state index in [0.717, 1.165) is 31.6 Å². The molecular weight excluding hydrogens is 186 g/mol. The zero-order chi connectivity index (χ0) is 11.5. The maximum atomic E-state index is 10.4. The maximum absolute atomic E-state index is 10.4. The van der Waals surface area contributed by atoms with Gasteiger partial charge >= 0.3 is 0 Å². The Balaban J connectivity index is 2.77. The molecule has 0 bridgehead atoms. The normalized spacial score (nSPS) is 34.4. The zero-order valence-electron chi connectivity index (χ0n) is 10.8. The summed E-state index contributed by atoms with van der Waals surface area (Å²) in [4.78, 5) is 2.27. The van der Waals surface area contributed by atoms with Gasteiger partial charge in [-0.15, -0.1) is 0 Å². The van der Waals surface area contributed by atoms with Crippen molar-refractivity contribution in [2.24, 2.45) is 5.92 Å². The molecule has 15 heavy (non-hydrogen) atoms. The number of aliphatic hydroxyl groups excluding tert-OH is 1. The molecular formula is C13H27NO. The molecule has 0 aromatic rings. The number of hydrogen-bond acceptors (Lipinski definition) is 2. The second-order valence-corrected chi connectivity index (χ2v) is 5.50. The monoisotopic (exact) mass is 213 g/mol. The van der Waals surface area contributed by atoms with Gasteiger partial charge in [0.1, 0.15) is 0 Å². The maximum Gasteiger partial charge on any atom is 0.0723 e. The Labute approximate surface area is 94.7 Å². The van der Waals surface area contributed by atoms with Crippen molar-refractivity contribution in [3.05, 3.63) is 0 Å². The lowest BCUT2D eigenvalue weighted by Crippen LogP contribution is -2.56. The van der Waals surface area contributed by atoms with Gasteiger partial charge in [-0.3, -0.25) is 0 Å². The Bertz CT molecular complexity index is 193. The van der Waals surface area contributed by atoms with Gasteiger partial charge in [0.25, 0.3) is 0 Å². The number of nitrogens with zero attached hydrogens (tertiary/aromatic N) is 1. The number of hydrogen-bond donors (Lipinski definition) is 1. The first kappa shape index (κ1) is 13.0. The number of rotatable bonds is 4. The van der Waals surface area contributed by atoms with E-state index >= 15 is 0 Å². The van der Waals surface area contributed by atoms with E-state index in [0.29, 0.717) is 0 Å². The van der Waals surface area contributed by atoms with Gasteiger partial charge in [-0.25, -0.2) is 0 Å². The first-order chi connectivity index (χ1) is 7.03. The summed E-state index contributed by atoms with van der Waals surface area (Å²) in [6, 6.07) is 0. The van der Waals surface area contributed by atoms with Crippen LogP contribution in [-0.4, -0.2) is 35.7 Å². The van der Waals surface area contributed by atoms with Gasteiger partial charge in [0.2, 0.25) is 0 Å². The van der Waals surface area contributed by atoms with Crippen molar-refractivity contribution >= 4 is 0 Å². The molecule has 3 unspecified atom stereocenters. The molecule has 0 aromatic heterocycles. The van der Waals surface area contributed by atoms with Crippen molar-refractivity contribution in [3.8, 4) is 0 Å².